The topological polar surface area (TPSA) is 70.2 Å². The van der Waals surface area contributed by atoms with Gasteiger partial charge in [0, 0.05) is 29.2 Å². The number of pyridine rings is 2. The SMILES string of the molecule is C=C/C=C(/c1cc(C)cc(F)c1)c1cc(-c2n[nH]c3ccc(-c4cccnc4)nc23)[nH]c1C. The second-order valence-corrected chi connectivity index (χ2v) is 7.96. The summed E-state index contributed by atoms with van der Waals surface area (Å²) in [5.74, 6) is -0.265. The van der Waals surface area contributed by atoms with Crippen molar-refractivity contribution >= 4 is 16.6 Å². The van der Waals surface area contributed by atoms with Crippen LogP contribution < -0.4 is 0 Å². The predicted molar refractivity (Wildman–Crippen MR) is 130 cm³/mol. The minimum absolute atomic E-state index is 0.265. The van der Waals surface area contributed by atoms with Crippen LogP contribution in [0.25, 0.3) is 39.3 Å². The van der Waals surface area contributed by atoms with Crippen LogP contribution in [0.1, 0.15) is 22.4 Å². The molecule has 162 valence electrons. The molecule has 0 saturated heterocycles. The zero-order valence-corrected chi connectivity index (χ0v) is 18.4. The average Bonchev–Trinajstić information content (AvgIpc) is 3.40. The first kappa shape index (κ1) is 20.6. The summed E-state index contributed by atoms with van der Waals surface area (Å²) < 4.78 is 14.1. The minimum atomic E-state index is -0.265. The van der Waals surface area contributed by atoms with Crippen LogP contribution in [-0.4, -0.2) is 25.1 Å². The van der Waals surface area contributed by atoms with E-state index in [1.807, 2.05) is 56.3 Å². The highest BCUT2D eigenvalue weighted by Crippen LogP contribution is 2.33. The van der Waals surface area contributed by atoms with Gasteiger partial charge in [0.1, 0.15) is 17.0 Å². The Labute approximate surface area is 190 Å². The molecule has 4 aromatic heterocycles. The summed E-state index contributed by atoms with van der Waals surface area (Å²) in [6.07, 6.45) is 7.14. The van der Waals surface area contributed by atoms with Crippen LogP contribution in [0.2, 0.25) is 0 Å². The van der Waals surface area contributed by atoms with Crippen LogP contribution in [0.5, 0.6) is 0 Å². The third-order valence-corrected chi connectivity index (χ3v) is 5.56. The predicted octanol–water partition coefficient (Wildman–Crippen LogP) is 6.39. The van der Waals surface area contributed by atoms with Gasteiger partial charge in [0.2, 0.25) is 0 Å². The van der Waals surface area contributed by atoms with Crippen molar-refractivity contribution in [3.63, 3.8) is 0 Å². The highest BCUT2D eigenvalue weighted by molar-refractivity contribution is 5.92. The molecule has 0 aliphatic heterocycles. The molecule has 5 rings (SSSR count). The Kier molecular flexibility index (Phi) is 5.18. The summed E-state index contributed by atoms with van der Waals surface area (Å²) in [6, 6.07) is 14.8. The van der Waals surface area contributed by atoms with E-state index in [0.717, 1.165) is 61.6 Å². The average molecular weight is 436 g/mol. The highest BCUT2D eigenvalue weighted by atomic mass is 19.1. The summed E-state index contributed by atoms with van der Waals surface area (Å²) in [5, 5.41) is 7.59. The maximum absolute atomic E-state index is 14.1. The van der Waals surface area contributed by atoms with E-state index >= 15 is 0 Å². The fourth-order valence-corrected chi connectivity index (χ4v) is 4.08. The van der Waals surface area contributed by atoms with Gasteiger partial charge in [0.15, 0.2) is 0 Å². The van der Waals surface area contributed by atoms with Gasteiger partial charge in [-0.05, 0) is 73.0 Å². The summed E-state index contributed by atoms with van der Waals surface area (Å²) in [6.45, 7) is 7.72. The zero-order valence-electron chi connectivity index (χ0n) is 18.4. The fraction of sp³-hybridized carbons (Fsp3) is 0.0741. The Morgan fingerprint density at radius 3 is 2.73 bits per heavy atom. The van der Waals surface area contributed by atoms with Crippen LogP contribution in [-0.2, 0) is 0 Å². The fourth-order valence-electron chi connectivity index (χ4n) is 4.08. The van der Waals surface area contributed by atoms with Gasteiger partial charge in [-0.25, -0.2) is 9.37 Å². The molecular formula is C27H22FN5. The number of nitrogens with zero attached hydrogens (tertiary/aromatic N) is 3. The van der Waals surface area contributed by atoms with Gasteiger partial charge in [-0.15, -0.1) is 0 Å². The van der Waals surface area contributed by atoms with E-state index in [1.165, 1.54) is 6.07 Å². The van der Waals surface area contributed by atoms with Crippen LogP contribution in [0.4, 0.5) is 4.39 Å². The molecular weight excluding hydrogens is 413 g/mol. The van der Waals surface area contributed by atoms with E-state index in [2.05, 4.69) is 26.7 Å². The van der Waals surface area contributed by atoms with E-state index < -0.39 is 0 Å². The number of aromatic amines is 2. The maximum Gasteiger partial charge on any atom is 0.135 e. The Morgan fingerprint density at radius 2 is 1.97 bits per heavy atom. The summed E-state index contributed by atoms with van der Waals surface area (Å²) in [4.78, 5) is 12.5. The first-order chi connectivity index (χ1) is 16.0. The van der Waals surface area contributed by atoms with Crippen molar-refractivity contribution in [3.05, 3.63) is 108 Å². The van der Waals surface area contributed by atoms with Crippen molar-refractivity contribution in [3.8, 4) is 22.6 Å². The molecule has 0 amide bonds. The molecule has 2 N–H and O–H groups in total. The normalized spacial score (nSPS) is 11.8. The Morgan fingerprint density at radius 1 is 1.09 bits per heavy atom. The van der Waals surface area contributed by atoms with Gasteiger partial charge in [0.25, 0.3) is 0 Å². The molecule has 0 fully saturated rings. The van der Waals surface area contributed by atoms with Gasteiger partial charge in [-0.3, -0.25) is 10.1 Å². The maximum atomic E-state index is 14.1. The van der Waals surface area contributed by atoms with Gasteiger partial charge in [0.05, 0.1) is 16.9 Å². The molecule has 0 spiro atoms. The number of hydrogen-bond donors (Lipinski definition) is 2. The number of benzene rings is 1. The van der Waals surface area contributed by atoms with Crippen LogP contribution in [0.3, 0.4) is 0 Å². The number of fused-ring (bicyclic) bond motifs is 1. The number of nitrogens with one attached hydrogen (secondary N) is 2. The van der Waals surface area contributed by atoms with E-state index in [1.54, 1.807) is 24.5 Å². The summed E-state index contributed by atoms with van der Waals surface area (Å²) in [5.41, 5.74) is 9.35. The highest BCUT2D eigenvalue weighted by Gasteiger charge is 2.17. The van der Waals surface area contributed by atoms with E-state index in [4.69, 9.17) is 4.98 Å². The molecule has 6 heteroatoms. The number of halogens is 1. The smallest absolute Gasteiger partial charge is 0.135 e. The van der Waals surface area contributed by atoms with Crippen molar-refractivity contribution in [1.29, 1.82) is 0 Å². The number of allylic oxidation sites excluding steroid dienone is 2. The van der Waals surface area contributed by atoms with E-state index in [-0.39, 0.29) is 5.82 Å². The lowest BCUT2D eigenvalue weighted by Gasteiger charge is -2.09. The molecule has 0 aliphatic rings. The van der Waals surface area contributed by atoms with E-state index in [0.29, 0.717) is 0 Å². The number of aryl methyl sites for hydroxylation is 2. The van der Waals surface area contributed by atoms with Crippen LogP contribution >= 0.6 is 0 Å². The van der Waals surface area contributed by atoms with Crippen molar-refractivity contribution in [1.82, 2.24) is 25.1 Å². The Bertz CT molecular complexity index is 1490. The third-order valence-electron chi connectivity index (χ3n) is 5.56. The van der Waals surface area contributed by atoms with Crippen molar-refractivity contribution in [2.45, 2.75) is 13.8 Å². The number of H-pyrrole nitrogens is 2. The lowest BCUT2D eigenvalue weighted by molar-refractivity contribution is 0.626. The molecule has 0 radical (unpaired) electrons. The van der Waals surface area contributed by atoms with Gasteiger partial charge in [-0.1, -0.05) is 24.8 Å². The molecule has 5 aromatic rings. The summed E-state index contributed by atoms with van der Waals surface area (Å²) in [7, 11) is 0. The van der Waals surface area contributed by atoms with Crippen LogP contribution in [0, 0.1) is 19.7 Å². The molecule has 5 nitrogen and oxygen atoms in total. The molecule has 0 atom stereocenters. The monoisotopic (exact) mass is 435 g/mol. The molecule has 33 heavy (non-hydrogen) atoms. The first-order valence-electron chi connectivity index (χ1n) is 10.6. The lowest BCUT2D eigenvalue weighted by atomic mass is 9.96. The Hall–Kier alpha value is -4.32. The number of aromatic nitrogens is 5. The number of rotatable bonds is 5. The van der Waals surface area contributed by atoms with Crippen molar-refractivity contribution in [2.24, 2.45) is 0 Å². The van der Waals surface area contributed by atoms with Gasteiger partial charge >= 0.3 is 0 Å². The molecule has 0 saturated carbocycles. The zero-order chi connectivity index (χ0) is 22.9. The number of hydrogen-bond acceptors (Lipinski definition) is 3. The Balaban J connectivity index is 1.62. The second kappa shape index (κ2) is 8.31. The van der Waals surface area contributed by atoms with Crippen molar-refractivity contribution < 1.29 is 4.39 Å². The van der Waals surface area contributed by atoms with Crippen molar-refractivity contribution in [2.75, 3.05) is 0 Å². The van der Waals surface area contributed by atoms with Gasteiger partial charge in [-0.2, -0.15) is 5.10 Å². The quantitative estimate of drug-likeness (QED) is 0.314. The molecule has 0 aliphatic carbocycles. The lowest BCUT2D eigenvalue weighted by Crippen LogP contribution is -1.91. The minimum Gasteiger partial charge on any atom is -0.357 e. The molecule has 4 heterocycles. The molecule has 1 aromatic carbocycles. The second-order valence-electron chi connectivity index (χ2n) is 7.96. The summed E-state index contributed by atoms with van der Waals surface area (Å²) >= 11 is 0. The largest absolute Gasteiger partial charge is 0.357 e. The van der Waals surface area contributed by atoms with Crippen LogP contribution in [0.15, 0.2) is 79.7 Å². The first-order valence-corrected chi connectivity index (χ1v) is 10.6. The van der Waals surface area contributed by atoms with Gasteiger partial charge < -0.3 is 4.98 Å². The van der Waals surface area contributed by atoms with E-state index in [9.17, 15) is 4.39 Å². The molecule has 0 unspecified atom stereocenters. The standard InChI is InChI=1S/C27H22FN5/c1-4-6-21(19-11-16(2)12-20(28)13-19)22-14-25(30-17(22)3)27-26-24(32-33-27)9-8-23(31-26)18-7-5-10-29-15-18/h4-15,30H,1H2,2-3H3,(H,32,33)/b21-6-. The molecule has 0 bridgehead atoms. The third kappa shape index (κ3) is 3.87.